The van der Waals surface area contributed by atoms with Crippen LogP contribution in [0.5, 0.6) is 5.75 Å². The molecule has 100 valence electrons. The molecule has 1 heterocycles. The first-order chi connectivity index (χ1) is 9.22. The van der Waals surface area contributed by atoms with Gasteiger partial charge in [0, 0.05) is 9.77 Å². The normalized spacial score (nSPS) is 10.4. The van der Waals surface area contributed by atoms with E-state index in [2.05, 4.69) is 6.92 Å². The summed E-state index contributed by atoms with van der Waals surface area (Å²) in [5.41, 5.74) is 0. The lowest BCUT2D eigenvalue weighted by atomic mass is 10.3. The summed E-state index contributed by atoms with van der Waals surface area (Å²) in [6, 6.07) is 11.7. The Bertz CT molecular complexity index is 561. The fraction of sp³-hybridized carbons (Fsp3) is 0.267. The second-order valence-electron chi connectivity index (χ2n) is 4.01. The Morgan fingerprint density at radius 2 is 2.16 bits per heavy atom. The van der Waals surface area contributed by atoms with Crippen molar-refractivity contribution in [3.63, 3.8) is 0 Å². The maximum absolute atomic E-state index is 12.1. The van der Waals surface area contributed by atoms with E-state index in [4.69, 9.17) is 4.74 Å². The molecule has 1 aromatic carbocycles. The molecule has 0 saturated heterocycles. The topological polar surface area (TPSA) is 26.3 Å². The minimum absolute atomic E-state index is 0.192. The lowest BCUT2D eigenvalue weighted by Crippen LogP contribution is -1.99. The molecule has 0 spiro atoms. The number of aryl methyl sites for hydroxylation is 1. The molecular formula is C15H16O2S2. The van der Waals surface area contributed by atoms with Gasteiger partial charge in [-0.2, -0.15) is 0 Å². The highest BCUT2D eigenvalue weighted by atomic mass is 32.2. The summed E-state index contributed by atoms with van der Waals surface area (Å²) in [5, 5.41) is 0. The maximum Gasteiger partial charge on any atom is 0.182 e. The molecule has 1 aromatic heterocycles. The largest absolute Gasteiger partial charge is 0.497 e. The van der Waals surface area contributed by atoms with Gasteiger partial charge < -0.3 is 4.74 Å². The molecule has 0 aliphatic carbocycles. The van der Waals surface area contributed by atoms with Crippen molar-refractivity contribution in [3.8, 4) is 5.75 Å². The zero-order valence-electron chi connectivity index (χ0n) is 11.0. The van der Waals surface area contributed by atoms with E-state index < -0.39 is 0 Å². The van der Waals surface area contributed by atoms with Crippen LogP contribution in [-0.2, 0) is 6.42 Å². The number of Topliss-reactive ketones (excluding diaryl/α,β-unsaturated/α-hetero) is 1. The van der Waals surface area contributed by atoms with Crippen LogP contribution in [0.1, 0.15) is 21.5 Å². The number of ether oxygens (including phenoxy) is 1. The molecule has 2 aromatic rings. The Labute approximate surface area is 121 Å². The minimum atomic E-state index is 0.192. The van der Waals surface area contributed by atoms with Crippen LogP contribution in [0.2, 0.25) is 0 Å². The number of thiophene rings is 1. The van der Waals surface area contributed by atoms with Crippen LogP contribution in [0.25, 0.3) is 0 Å². The first-order valence-corrected chi connectivity index (χ1v) is 7.92. The Morgan fingerprint density at radius 1 is 1.32 bits per heavy atom. The number of carbonyl (C=O) groups is 1. The molecule has 0 atom stereocenters. The molecule has 0 fully saturated rings. The van der Waals surface area contributed by atoms with Gasteiger partial charge in [0.15, 0.2) is 5.78 Å². The van der Waals surface area contributed by atoms with Crippen LogP contribution < -0.4 is 4.74 Å². The van der Waals surface area contributed by atoms with E-state index in [9.17, 15) is 4.79 Å². The first kappa shape index (κ1) is 14.2. The summed E-state index contributed by atoms with van der Waals surface area (Å²) in [5.74, 6) is 1.48. The first-order valence-electron chi connectivity index (χ1n) is 6.11. The van der Waals surface area contributed by atoms with Crippen molar-refractivity contribution in [2.75, 3.05) is 12.9 Å². The van der Waals surface area contributed by atoms with Crippen LogP contribution in [0.4, 0.5) is 0 Å². The van der Waals surface area contributed by atoms with Gasteiger partial charge in [0.1, 0.15) is 5.75 Å². The van der Waals surface area contributed by atoms with Gasteiger partial charge in [-0.1, -0.05) is 13.0 Å². The third kappa shape index (κ3) is 3.85. The van der Waals surface area contributed by atoms with Crippen molar-refractivity contribution in [1.29, 1.82) is 0 Å². The minimum Gasteiger partial charge on any atom is -0.497 e. The number of carbonyl (C=O) groups excluding carboxylic acids is 1. The van der Waals surface area contributed by atoms with Gasteiger partial charge in [-0.3, -0.25) is 4.79 Å². The summed E-state index contributed by atoms with van der Waals surface area (Å²) in [7, 11) is 1.65. The van der Waals surface area contributed by atoms with Crippen molar-refractivity contribution in [1.82, 2.24) is 0 Å². The summed E-state index contributed by atoms with van der Waals surface area (Å²) < 4.78 is 5.17. The monoisotopic (exact) mass is 292 g/mol. The lowest BCUT2D eigenvalue weighted by molar-refractivity contribution is 0.102. The fourth-order valence-electron chi connectivity index (χ4n) is 1.63. The number of thioether (sulfide) groups is 1. The molecule has 19 heavy (non-hydrogen) atoms. The molecule has 0 bridgehead atoms. The van der Waals surface area contributed by atoms with Crippen molar-refractivity contribution >= 4 is 28.9 Å². The second kappa shape index (κ2) is 6.78. The number of hydrogen-bond donors (Lipinski definition) is 0. The third-order valence-corrected chi connectivity index (χ3v) is 4.96. The fourth-order valence-corrected chi connectivity index (χ4v) is 3.43. The van der Waals surface area contributed by atoms with Gasteiger partial charge in [-0.15, -0.1) is 23.1 Å². The lowest BCUT2D eigenvalue weighted by Gasteiger charge is -2.03. The van der Waals surface area contributed by atoms with E-state index in [0.717, 1.165) is 21.9 Å². The standard InChI is InChI=1S/C15H16O2S2/c1-3-12-7-8-15(19-12)14(16)10-18-13-6-4-5-11(9-13)17-2/h4-9H,3,10H2,1-2H3. The number of methoxy groups -OCH3 is 1. The molecule has 0 saturated carbocycles. The van der Waals surface area contributed by atoms with Gasteiger partial charge in [0.2, 0.25) is 0 Å². The van der Waals surface area contributed by atoms with Gasteiger partial charge in [-0.25, -0.2) is 0 Å². The summed E-state index contributed by atoms with van der Waals surface area (Å²) >= 11 is 3.14. The average molecular weight is 292 g/mol. The van der Waals surface area contributed by atoms with Crippen LogP contribution in [0.15, 0.2) is 41.3 Å². The van der Waals surface area contributed by atoms with Crippen LogP contribution in [0, 0.1) is 0 Å². The van der Waals surface area contributed by atoms with Gasteiger partial charge in [0.25, 0.3) is 0 Å². The Hall–Kier alpha value is -1.26. The van der Waals surface area contributed by atoms with E-state index in [0.29, 0.717) is 5.75 Å². The Balaban J connectivity index is 1.96. The van der Waals surface area contributed by atoms with E-state index in [1.165, 1.54) is 4.88 Å². The average Bonchev–Trinajstić information content (AvgIpc) is 2.94. The zero-order chi connectivity index (χ0) is 13.7. The smallest absolute Gasteiger partial charge is 0.182 e. The molecule has 0 unspecified atom stereocenters. The quantitative estimate of drug-likeness (QED) is 0.587. The van der Waals surface area contributed by atoms with Gasteiger partial charge >= 0.3 is 0 Å². The van der Waals surface area contributed by atoms with E-state index in [1.807, 2.05) is 36.4 Å². The molecule has 2 rings (SSSR count). The van der Waals surface area contributed by atoms with Crippen LogP contribution in [-0.4, -0.2) is 18.6 Å². The Kier molecular flexibility index (Phi) is 5.05. The highest BCUT2D eigenvalue weighted by Crippen LogP contribution is 2.25. The molecule has 0 radical (unpaired) electrons. The maximum atomic E-state index is 12.1. The van der Waals surface area contributed by atoms with E-state index in [-0.39, 0.29) is 5.78 Å². The number of ketones is 1. The van der Waals surface area contributed by atoms with Crippen molar-refractivity contribution in [3.05, 3.63) is 46.2 Å². The van der Waals surface area contributed by atoms with Crippen molar-refractivity contribution < 1.29 is 9.53 Å². The predicted molar refractivity (Wildman–Crippen MR) is 81.7 cm³/mol. The second-order valence-corrected chi connectivity index (χ2v) is 6.23. The molecule has 0 aliphatic heterocycles. The van der Waals surface area contributed by atoms with Crippen LogP contribution >= 0.6 is 23.1 Å². The Morgan fingerprint density at radius 3 is 2.84 bits per heavy atom. The molecule has 0 aliphatic rings. The van der Waals surface area contributed by atoms with Gasteiger partial charge in [0.05, 0.1) is 17.7 Å². The molecule has 4 heteroatoms. The predicted octanol–water partition coefficient (Wildman–Crippen LogP) is 4.29. The van der Waals surface area contributed by atoms with E-state index >= 15 is 0 Å². The summed E-state index contributed by atoms with van der Waals surface area (Å²) in [6.45, 7) is 2.10. The van der Waals surface area contributed by atoms with Gasteiger partial charge in [-0.05, 0) is 36.8 Å². The molecular weight excluding hydrogens is 276 g/mol. The summed E-state index contributed by atoms with van der Waals surface area (Å²) in [4.78, 5) is 15.2. The zero-order valence-corrected chi connectivity index (χ0v) is 12.6. The SMILES string of the molecule is CCc1ccc(C(=O)CSc2cccc(OC)c2)s1. The van der Waals surface area contributed by atoms with E-state index in [1.54, 1.807) is 30.2 Å². The van der Waals surface area contributed by atoms with Crippen molar-refractivity contribution in [2.24, 2.45) is 0 Å². The molecule has 0 N–H and O–H groups in total. The molecule has 2 nitrogen and oxygen atoms in total. The third-order valence-electron chi connectivity index (χ3n) is 2.70. The van der Waals surface area contributed by atoms with Crippen LogP contribution in [0.3, 0.4) is 0 Å². The number of benzene rings is 1. The number of hydrogen-bond acceptors (Lipinski definition) is 4. The summed E-state index contributed by atoms with van der Waals surface area (Å²) in [6.07, 6.45) is 0.987. The number of rotatable bonds is 6. The highest BCUT2D eigenvalue weighted by molar-refractivity contribution is 8.00. The molecule has 0 amide bonds. The highest BCUT2D eigenvalue weighted by Gasteiger charge is 2.09. The van der Waals surface area contributed by atoms with Crippen molar-refractivity contribution in [2.45, 2.75) is 18.2 Å².